The molecule has 0 fully saturated rings. The van der Waals surface area contributed by atoms with Crippen LogP contribution in [0.4, 0.5) is 0 Å². The smallest absolute Gasteiger partial charge is 0.261 e. The molecule has 2 aromatic carbocycles. The fourth-order valence-corrected chi connectivity index (χ4v) is 4.61. The standard InChI is InChI=1S/C27H29BrN2O4/c1-5-6-13-34-23-21-14-17(28)11-12-20(21)26(33)30(16-27(2,3)4)22(23)15-29-24(31)18-9-7-8-10-19(18)25(29)32/h7-12,14H,5-6,13,15-16H2,1-4H3. The van der Waals surface area contributed by atoms with Crippen LogP contribution in [0.3, 0.4) is 0 Å². The number of nitrogens with zero attached hydrogens (tertiary/aromatic N) is 2. The third-order valence-corrected chi connectivity index (χ3v) is 6.35. The maximum absolute atomic E-state index is 13.7. The first-order chi connectivity index (χ1) is 16.1. The average Bonchev–Trinajstić information content (AvgIpc) is 3.02. The first-order valence-electron chi connectivity index (χ1n) is 11.6. The molecule has 2 amide bonds. The van der Waals surface area contributed by atoms with E-state index in [9.17, 15) is 14.4 Å². The van der Waals surface area contributed by atoms with Crippen molar-refractivity contribution >= 4 is 38.5 Å². The quantitative estimate of drug-likeness (QED) is 0.290. The lowest BCUT2D eigenvalue weighted by molar-refractivity contribution is 0.0636. The number of hydrogen-bond donors (Lipinski definition) is 0. The predicted octanol–water partition coefficient (Wildman–Crippen LogP) is 5.79. The van der Waals surface area contributed by atoms with Crippen molar-refractivity contribution in [1.82, 2.24) is 9.47 Å². The van der Waals surface area contributed by atoms with E-state index in [2.05, 4.69) is 43.6 Å². The Labute approximate surface area is 207 Å². The van der Waals surface area contributed by atoms with Gasteiger partial charge in [-0.2, -0.15) is 0 Å². The van der Waals surface area contributed by atoms with Crippen LogP contribution in [-0.4, -0.2) is 27.9 Å². The molecule has 0 aliphatic carbocycles. The van der Waals surface area contributed by atoms with Crippen LogP contribution in [0.1, 0.15) is 66.9 Å². The summed E-state index contributed by atoms with van der Waals surface area (Å²) in [6, 6.07) is 12.3. The van der Waals surface area contributed by atoms with Gasteiger partial charge in [-0.3, -0.25) is 19.3 Å². The molecule has 0 radical (unpaired) electrons. The molecule has 0 saturated heterocycles. The van der Waals surface area contributed by atoms with Gasteiger partial charge in [-0.25, -0.2) is 0 Å². The van der Waals surface area contributed by atoms with Gasteiger partial charge in [-0.1, -0.05) is 62.2 Å². The van der Waals surface area contributed by atoms with Gasteiger partial charge in [0.2, 0.25) is 0 Å². The number of carbonyl (C=O) groups excluding carboxylic acids is 2. The highest BCUT2D eigenvalue weighted by molar-refractivity contribution is 9.10. The summed E-state index contributed by atoms with van der Waals surface area (Å²) in [5, 5.41) is 1.22. The zero-order valence-electron chi connectivity index (χ0n) is 20.0. The molecule has 1 aromatic heterocycles. The number of fused-ring (bicyclic) bond motifs is 2. The van der Waals surface area contributed by atoms with Gasteiger partial charge in [0.1, 0.15) is 5.75 Å². The summed E-state index contributed by atoms with van der Waals surface area (Å²) in [7, 11) is 0. The number of aromatic nitrogens is 1. The number of halogens is 1. The molecule has 4 rings (SSSR count). The van der Waals surface area contributed by atoms with Crippen LogP contribution >= 0.6 is 15.9 Å². The van der Waals surface area contributed by atoms with Gasteiger partial charge in [0, 0.05) is 16.4 Å². The molecule has 0 atom stereocenters. The summed E-state index contributed by atoms with van der Waals surface area (Å²) in [4.78, 5) is 41.2. The lowest BCUT2D eigenvalue weighted by Gasteiger charge is -2.27. The van der Waals surface area contributed by atoms with Crippen LogP contribution in [0.15, 0.2) is 51.7 Å². The zero-order chi connectivity index (χ0) is 24.6. The van der Waals surface area contributed by atoms with Crippen molar-refractivity contribution in [2.45, 2.75) is 53.6 Å². The maximum atomic E-state index is 13.7. The van der Waals surface area contributed by atoms with Crippen molar-refractivity contribution in [2.75, 3.05) is 6.61 Å². The minimum Gasteiger partial charge on any atom is -0.491 e. The van der Waals surface area contributed by atoms with E-state index in [1.54, 1.807) is 34.9 Å². The van der Waals surface area contributed by atoms with Crippen LogP contribution in [0, 0.1) is 5.41 Å². The van der Waals surface area contributed by atoms with Crippen molar-refractivity contribution in [3.63, 3.8) is 0 Å². The van der Waals surface area contributed by atoms with Gasteiger partial charge >= 0.3 is 0 Å². The summed E-state index contributed by atoms with van der Waals surface area (Å²) in [5.41, 5.74) is 0.927. The minimum atomic E-state index is -0.357. The van der Waals surface area contributed by atoms with Crippen LogP contribution in [0.25, 0.3) is 10.8 Å². The third kappa shape index (κ3) is 4.53. The predicted molar refractivity (Wildman–Crippen MR) is 136 cm³/mol. The highest BCUT2D eigenvalue weighted by atomic mass is 79.9. The Kier molecular flexibility index (Phi) is 6.67. The molecular weight excluding hydrogens is 496 g/mol. The lowest BCUT2D eigenvalue weighted by Crippen LogP contribution is -2.36. The topological polar surface area (TPSA) is 68.6 Å². The number of hydrogen-bond acceptors (Lipinski definition) is 4. The van der Waals surface area contributed by atoms with Crippen LogP contribution in [0.2, 0.25) is 0 Å². The number of benzene rings is 2. The number of rotatable bonds is 7. The number of carbonyl (C=O) groups is 2. The third-order valence-electron chi connectivity index (χ3n) is 5.85. The average molecular weight is 525 g/mol. The van der Waals surface area contributed by atoms with Gasteiger partial charge in [-0.05, 0) is 42.2 Å². The van der Waals surface area contributed by atoms with E-state index >= 15 is 0 Å². The van der Waals surface area contributed by atoms with E-state index in [1.807, 2.05) is 12.1 Å². The Balaban J connectivity index is 1.93. The number of pyridine rings is 1. The van der Waals surface area contributed by atoms with Gasteiger partial charge in [0.05, 0.1) is 35.4 Å². The van der Waals surface area contributed by atoms with E-state index in [1.165, 1.54) is 4.90 Å². The molecule has 3 aromatic rings. The molecule has 0 N–H and O–H groups in total. The summed E-state index contributed by atoms with van der Waals surface area (Å²) in [5.74, 6) is -0.168. The molecule has 2 heterocycles. The van der Waals surface area contributed by atoms with Gasteiger partial charge < -0.3 is 9.30 Å². The van der Waals surface area contributed by atoms with Crippen molar-refractivity contribution in [1.29, 1.82) is 0 Å². The second-order valence-corrected chi connectivity index (χ2v) is 10.8. The summed E-state index contributed by atoms with van der Waals surface area (Å²) >= 11 is 3.51. The molecule has 1 aliphatic rings. The molecule has 0 unspecified atom stereocenters. The molecule has 0 saturated carbocycles. The Hall–Kier alpha value is -2.93. The first-order valence-corrected chi connectivity index (χ1v) is 12.3. The highest BCUT2D eigenvalue weighted by Gasteiger charge is 2.37. The molecule has 34 heavy (non-hydrogen) atoms. The van der Waals surface area contributed by atoms with Crippen molar-refractivity contribution in [3.8, 4) is 5.75 Å². The number of ether oxygens (including phenoxy) is 1. The molecule has 0 bridgehead atoms. The number of amides is 2. The first kappa shape index (κ1) is 24.2. The fraction of sp³-hybridized carbons (Fsp3) is 0.370. The van der Waals surface area contributed by atoms with E-state index in [0.717, 1.165) is 17.3 Å². The number of imide groups is 1. The van der Waals surface area contributed by atoms with Crippen LogP contribution < -0.4 is 10.3 Å². The second kappa shape index (κ2) is 9.37. The maximum Gasteiger partial charge on any atom is 0.261 e. The molecule has 7 heteroatoms. The Morgan fingerprint density at radius 1 is 0.941 bits per heavy atom. The zero-order valence-corrected chi connectivity index (χ0v) is 21.6. The molecule has 0 spiro atoms. The molecule has 1 aliphatic heterocycles. The molecule has 6 nitrogen and oxygen atoms in total. The number of unbranched alkanes of at least 4 members (excludes halogenated alkanes) is 1. The van der Waals surface area contributed by atoms with E-state index in [4.69, 9.17) is 4.74 Å². The van der Waals surface area contributed by atoms with Crippen molar-refractivity contribution in [3.05, 3.63) is 74.1 Å². The Morgan fingerprint density at radius 3 is 2.18 bits per heavy atom. The van der Waals surface area contributed by atoms with Gasteiger partial charge in [-0.15, -0.1) is 0 Å². The second-order valence-electron chi connectivity index (χ2n) is 9.86. The van der Waals surface area contributed by atoms with E-state index < -0.39 is 0 Å². The van der Waals surface area contributed by atoms with Crippen molar-refractivity contribution in [2.24, 2.45) is 5.41 Å². The monoisotopic (exact) mass is 524 g/mol. The SMILES string of the molecule is CCCCOc1c(CN2C(=O)c3ccccc3C2=O)n(CC(C)(C)C)c(=O)c2ccc(Br)cc12. The van der Waals surface area contributed by atoms with Gasteiger partial charge in [0.15, 0.2) is 0 Å². The van der Waals surface area contributed by atoms with Crippen LogP contribution in [-0.2, 0) is 13.1 Å². The molecule has 178 valence electrons. The lowest BCUT2D eigenvalue weighted by atomic mass is 9.96. The van der Waals surface area contributed by atoms with E-state index in [-0.39, 0.29) is 29.3 Å². The fourth-order valence-electron chi connectivity index (χ4n) is 4.25. The van der Waals surface area contributed by atoms with Gasteiger partial charge in [0.25, 0.3) is 17.4 Å². The normalized spacial score (nSPS) is 13.6. The summed E-state index contributed by atoms with van der Waals surface area (Å²) in [6.07, 6.45) is 1.80. The largest absolute Gasteiger partial charge is 0.491 e. The summed E-state index contributed by atoms with van der Waals surface area (Å²) < 4.78 is 8.79. The minimum absolute atomic E-state index is 0.0401. The van der Waals surface area contributed by atoms with Crippen molar-refractivity contribution < 1.29 is 14.3 Å². The Bertz CT molecular complexity index is 1300. The van der Waals surface area contributed by atoms with Crippen LogP contribution in [0.5, 0.6) is 5.75 Å². The highest BCUT2D eigenvalue weighted by Crippen LogP contribution is 2.34. The summed E-state index contributed by atoms with van der Waals surface area (Å²) in [6.45, 7) is 9.08. The van der Waals surface area contributed by atoms with E-state index in [0.29, 0.717) is 46.5 Å². The molecular formula is C27H29BrN2O4. The Morgan fingerprint density at radius 2 is 1.59 bits per heavy atom.